The molecule has 0 spiro atoms. The molecule has 0 aliphatic rings. The minimum absolute atomic E-state index is 4.67. The molecule has 0 saturated carbocycles. The molecule has 0 aromatic rings. The molecule has 15 heteroatoms. The van der Waals surface area contributed by atoms with E-state index in [9.17, 15) is 0 Å². The Bertz CT molecular complexity index is 272. The van der Waals surface area contributed by atoms with Gasteiger partial charge in [-0.15, -0.1) is 0 Å². The molecule has 0 aliphatic heterocycles. The molecule has 96 valence electrons. The van der Waals surface area contributed by atoms with Gasteiger partial charge < -0.3 is 0 Å². The highest BCUT2D eigenvalue weighted by Crippen LogP contribution is 1.61. The summed E-state index contributed by atoms with van der Waals surface area (Å²) < 4.78 is 95.9. The number of hydrogen-bond donors (Lipinski definition) is 5. The second-order valence-electron chi connectivity index (χ2n) is 1.29. The molecular weight excluding hydrogens is 292 g/mol. The predicted molar refractivity (Wildman–Crippen MR) is 30.6 cm³/mol. The highest BCUT2D eigenvalue weighted by Gasteiger charge is 1.98. The molecule has 0 unspecified atom stereocenters. The molecule has 0 amide bonds. The van der Waals surface area contributed by atoms with Crippen LogP contribution in [0.1, 0.15) is 0 Å². The average Bonchev–Trinajstić information content (AvgIpc) is 1.41. The molecule has 15 heavy (non-hydrogen) atoms. The molecule has 0 radical (unpaired) electrons. The first kappa shape index (κ1) is 20.3. The fraction of sp³-hybridized carbons (Fsp3) is 0. The minimum Gasteiger partial charge on any atom is -0.264 e. The van der Waals surface area contributed by atoms with E-state index in [1.165, 1.54) is 0 Å². The molecule has 0 atom stereocenters. The van der Waals surface area contributed by atoms with Crippen molar-refractivity contribution in [2.24, 2.45) is 0 Å². The summed E-state index contributed by atoms with van der Waals surface area (Å²) in [6, 6.07) is 0. The first-order chi connectivity index (χ1) is 6.00. The van der Waals surface area contributed by atoms with E-state index in [1.807, 2.05) is 0 Å². The second kappa shape index (κ2) is 7.19. The summed E-state index contributed by atoms with van der Waals surface area (Å²) in [6.45, 7) is 0. The average molecular weight is 297 g/mol. The Balaban J connectivity index is -0.000000144. The molecule has 12 nitrogen and oxygen atoms in total. The second-order valence-corrected chi connectivity index (χ2v) is 3.88. The van der Waals surface area contributed by atoms with Gasteiger partial charge in [0, 0.05) is 0 Å². The molecule has 0 bridgehead atoms. The van der Waals surface area contributed by atoms with Crippen LogP contribution < -0.4 is 14.0 Å². The molecular formula is H5ClO12S2. The van der Waals surface area contributed by atoms with Gasteiger partial charge >= 0.3 is 20.8 Å². The van der Waals surface area contributed by atoms with Gasteiger partial charge in [-0.1, -0.05) is 0 Å². The van der Waals surface area contributed by atoms with E-state index >= 15 is 0 Å². The summed E-state index contributed by atoms with van der Waals surface area (Å²) in [4.78, 5) is 0. The molecule has 0 rings (SSSR count). The third kappa shape index (κ3) is 116000. The van der Waals surface area contributed by atoms with E-state index < -0.39 is 31.0 Å². The third-order valence-corrected chi connectivity index (χ3v) is 0. The monoisotopic (exact) mass is 296 g/mol. The summed E-state index contributed by atoms with van der Waals surface area (Å²) in [5.41, 5.74) is 0. The SMILES string of the molecule is O=S(=O)(O)O.O=S(=O)(O)O.[O-][Cl+3]([O-])([O-])O. The lowest BCUT2D eigenvalue weighted by atomic mass is 15.8. The van der Waals surface area contributed by atoms with E-state index in [2.05, 4.69) is 0 Å². The zero-order chi connectivity index (χ0) is 13.5. The highest BCUT2D eigenvalue weighted by molar-refractivity contribution is 7.80. The Labute approximate surface area is 85.3 Å². The van der Waals surface area contributed by atoms with Crippen LogP contribution in [0, 0.1) is 10.2 Å². The summed E-state index contributed by atoms with van der Waals surface area (Å²) in [6.07, 6.45) is 0. The number of halogens is 1. The van der Waals surface area contributed by atoms with Crippen LogP contribution in [-0.2, 0) is 20.8 Å². The Kier molecular flexibility index (Phi) is 9.74. The number of hydrogen-bond acceptors (Lipinski definition) is 8. The largest absolute Gasteiger partial charge is 0.394 e. The Morgan fingerprint density at radius 3 is 0.733 bits per heavy atom. The Hall–Kier alpha value is -0.130. The molecule has 0 aliphatic carbocycles. The molecule has 0 saturated heterocycles. The van der Waals surface area contributed by atoms with Gasteiger partial charge in [-0.05, 0) is 0 Å². The zero-order valence-electron chi connectivity index (χ0n) is 6.29. The van der Waals surface area contributed by atoms with Crippen LogP contribution in [0.15, 0.2) is 0 Å². The van der Waals surface area contributed by atoms with Crippen molar-refractivity contribution in [3.63, 3.8) is 0 Å². The molecule has 0 heterocycles. The van der Waals surface area contributed by atoms with E-state index in [0.29, 0.717) is 0 Å². The van der Waals surface area contributed by atoms with E-state index in [-0.39, 0.29) is 0 Å². The molecule has 5 N–H and O–H groups in total. The smallest absolute Gasteiger partial charge is 0.264 e. The van der Waals surface area contributed by atoms with Gasteiger partial charge in [0.2, 0.25) is 0 Å². The first-order valence-electron chi connectivity index (χ1n) is 2.03. The summed E-state index contributed by atoms with van der Waals surface area (Å²) in [7, 11) is -14.0. The molecule has 0 aromatic carbocycles. The van der Waals surface area contributed by atoms with Crippen LogP contribution in [0.4, 0.5) is 0 Å². The lowest BCUT2D eigenvalue weighted by molar-refractivity contribution is -1.92. The van der Waals surface area contributed by atoms with Crippen LogP contribution in [-0.4, -0.2) is 39.7 Å². The predicted octanol–water partition coefficient (Wildman–Crippen LogP) is -5.43. The Morgan fingerprint density at radius 1 is 0.733 bits per heavy atom. The molecule has 0 fully saturated rings. The van der Waals surface area contributed by atoms with Crippen molar-refractivity contribution in [1.82, 2.24) is 0 Å². The summed E-state index contributed by atoms with van der Waals surface area (Å²) in [5.74, 6) is 0. The van der Waals surface area contributed by atoms with Crippen molar-refractivity contribution < 1.29 is 63.9 Å². The van der Waals surface area contributed by atoms with E-state index in [4.69, 9.17) is 53.7 Å². The topological polar surface area (TPSA) is 239 Å². The van der Waals surface area contributed by atoms with Gasteiger partial charge in [-0.25, -0.2) is 0 Å². The lowest BCUT2D eigenvalue weighted by Crippen LogP contribution is -2.58. The lowest BCUT2D eigenvalue weighted by Gasteiger charge is -2.03. The van der Waals surface area contributed by atoms with Crippen molar-refractivity contribution in [3.8, 4) is 0 Å². The van der Waals surface area contributed by atoms with Crippen LogP contribution in [0.25, 0.3) is 0 Å². The van der Waals surface area contributed by atoms with Crippen LogP contribution in [0.5, 0.6) is 0 Å². The van der Waals surface area contributed by atoms with Crippen LogP contribution in [0.3, 0.4) is 0 Å². The quantitative estimate of drug-likeness (QED) is 0.263. The standard InChI is InChI=1S/ClHO4.2H2O4S/c2-1(3,4)5;2*1-5(2,3)4/h(H,2,3,4,5);2*(H2,1,2,3,4). The minimum atomic E-state index is -4.69. The zero-order valence-corrected chi connectivity index (χ0v) is 8.68. The van der Waals surface area contributed by atoms with E-state index in [1.54, 1.807) is 0 Å². The molecule has 0 aromatic heterocycles. The fourth-order valence-electron chi connectivity index (χ4n) is 0. The van der Waals surface area contributed by atoms with Crippen LogP contribution >= 0.6 is 0 Å². The van der Waals surface area contributed by atoms with Crippen molar-refractivity contribution in [1.29, 1.82) is 0 Å². The van der Waals surface area contributed by atoms with Gasteiger partial charge in [-0.3, -0.25) is 18.2 Å². The Morgan fingerprint density at radius 2 is 0.733 bits per heavy atom. The first-order valence-corrected chi connectivity index (χ1v) is 6.09. The van der Waals surface area contributed by atoms with Gasteiger partial charge in [0.15, 0.2) is 0 Å². The van der Waals surface area contributed by atoms with Crippen molar-refractivity contribution in [2.75, 3.05) is 0 Å². The van der Waals surface area contributed by atoms with Gasteiger partial charge in [0.25, 0.3) is 0 Å². The van der Waals surface area contributed by atoms with Gasteiger partial charge in [0.05, 0.1) is 14.9 Å². The van der Waals surface area contributed by atoms with Gasteiger partial charge in [0.1, 0.15) is 0 Å². The highest BCUT2D eigenvalue weighted by atomic mass is 35.7. The normalized spacial score (nSPS) is 11.7. The van der Waals surface area contributed by atoms with Crippen LogP contribution in [0.2, 0.25) is 0 Å². The van der Waals surface area contributed by atoms with Crippen molar-refractivity contribution in [3.05, 3.63) is 0 Å². The maximum atomic E-state index is 8.74. The number of rotatable bonds is 0. The summed E-state index contributed by atoms with van der Waals surface area (Å²) >= 11 is 0. The maximum Gasteiger partial charge on any atom is 0.394 e. The summed E-state index contributed by atoms with van der Waals surface area (Å²) in [5, 5.41) is 0. The van der Waals surface area contributed by atoms with Gasteiger partial charge in [-0.2, -0.15) is 30.8 Å². The van der Waals surface area contributed by atoms with Crippen molar-refractivity contribution >= 4 is 20.8 Å². The maximum absolute atomic E-state index is 8.74. The fourth-order valence-corrected chi connectivity index (χ4v) is 0. The third-order valence-electron chi connectivity index (χ3n) is 0. The van der Waals surface area contributed by atoms with Crippen molar-refractivity contribution in [2.45, 2.75) is 0 Å². The van der Waals surface area contributed by atoms with E-state index in [0.717, 1.165) is 0 Å².